The molecule has 0 aliphatic carbocycles. The molecular weight excluding hydrogens is 406 g/mol. The Labute approximate surface area is 195 Å². The molecule has 0 radical (unpaired) electrons. The van der Waals surface area contributed by atoms with Gasteiger partial charge in [0.05, 0.1) is 5.92 Å². The third kappa shape index (κ3) is 4.55. The molecule has 0 amide bonds. The van der Waals surface area contributed by atoms with Crippen molar-refractivity contribution in [1.29, 1.82) is 0 Å². The molecule has 3 heteroatoms. The molecule has 1 saturated heterocycles. The first-order valence-electron chi connectivity index (χ1n) is 11.7. The van der Waals surface area contributed by atoms with E-state index in [-0.39, 0.29) is 23.9 Å². The van der Waals surface area contributed by atoms with E-state index in [1.165, 1.54) is 16.7 Å². The zero-order valence-electron chi connectivity index (χ0n) is 18.9. The van der Waals surface area contributed by atoms with Crippen molar-refractivity contribution < 1.29 is 9.53 Å². The highest BCUT2D eigenvalue weighted by Crippen LogP contribution is 2.34. The molecule has 3 unspecified atom stereocenters. The van der Waals surface area contributed by atoms with Crippen LogP contribution in [0.3, 0.4) is 0 Å². The van der Waals surface area contributed by atoms with Gasteiger partial charge in [-0.15, -0.1) is 0 Å². The van der Waals surface area contributed by atoms with Crippen molar-refractivity contribution >= 4 is 16.7 Å². The molecule has 4 aromatic rings. The van der Waals surface area contributed by atoms with Crippen LogP contribution in [0.15, 0.2) is 97.1 Å². The molecule has 0 aromatic heterocycles. The smallest absolute Gasteiger partial charge is 0.311 e. The molecule has 1 heterocycles. The Morgan fingerprint density at radius 3 is 2.36 bits per heavy atom. The predicted molar refractivity (Wildman–Crippen MR) is 134 cm³/mol. The van der Waals surface area contributed by atoms with Gasteiger partial charge in [-0.25, -0.2) is 0 Å². The zero-order valence-corrected chi connectivity index (χ0v) is 18.9. The molecular formula is C30H29NO2. The Morgan fingerprint density at radius 1 is 0.848 bits per heavy atom. The first-order valence-corrected chi connectivity index (χ1v) is 11.7. The van der Waals surface area contributed by atoms with E-state index in [4.69, 9.17) is 4.74 Å². The molecule has 3 atom stereocenters. The molecule has 166 valence electrons. The maximum atomic E-state index is 13.3. The maximum absolute atomic E-state index is 13.3. The summed E-state index contributed by atoms with van der Waals surface area (Å²) >= 11 is 0. The van der Waals surface area contributed by atoms with Crippen LogP contribution in [0.1, 0.15) is 36.5 Å². The number of carbonyl (C=O) groups excluding carboxylic acids is 1. The summed E-state index contributed by atoms with van der Waals surface area (Å²) in [7, 11) is 0. The normalized spacial score (nSPS) is 19.2. The minimum atomic E-state index is -0.299. The van der Waals surface area contributed by atoms with Crippen molar-refractivity contribution in [3.05, 3.63) is 108 Å². The molecule has 4 aromatic carbocycles. The Kier molecular flexibility index (Phi) is 6.23. The van der Waals surface area contributed by atoms with E-state index in [2.05, 4.69) is 78.1 Å². The fourth-order valence-corrected chi connectivity index (χ4v) is 4.99. The summed E-state index contributed by atoms with van der Waals surface area (Å²) in [4.78, 5) is 13.3. The number of carbonyl (C=O) groups is 1. The molecule has 1 fully saturated rings. The summed E-state index contributed by atoms with van der Waals surface area (Å²) < 4.78 is 6.05. The predicted octanol–water partition coefficient (Wildman–Crippen LogP) is 6.50. The van der Waals surface area contributed by atoms with E-state index in [9.17, 15) is 4.79 Å². The van der Waals surface area contributed by atoms with Crippen LogP contribution in [-0.2, 0) is 9.53 Å². The number of hydrogen-bond acceptors (Lipinski definition) is 3. The minimum absolute atomic E-state index is 0.125. The molecule has 1 N–H and O–H groups in total. The van der Waals surface area contributed by atoms with Crippen molar-refractivity contribution in [2.75, 3.05) is 13.1 Å². The van der Waals surface area contributed by atoms with Gasteiger partial charge in [0.25, 0.3) is 0 Å². The van der Waals surface area contributed by atoms with E-state index in [0.29, 0.717) is 6.54 Å². The number of piperidine rings is 1. The fourth-order valence-electron chi connectivity index (χ4n) is 4.99. The van der Waals surface area contributed by atoms with Gasteiger partial charge >= 0.3 is 5.97 Å². The Hall–Kier alpha value is -3.43. The molecule has 33 heavy (non-hydrogen) atoms. The molecule has 0 spiro atoms. The van der Waals surface area contributed by atoms with Crippen molar-refractivity contribution in [3.63, 3.8) is 0 Å². The van der Waals surface area contributed by atoms with E-state index in [0.717, 1.165) is 29.3 Å². The van der Waals surface area contributed by atoms with E-state index >= 15 is 0 Å². The second kappa shape index (κ2) is 9.60. The van der Waals surface area contributed by atoms with Crippen molar-refractivity contribution in [2.45, 2.75) is 25.4 Å². The number of esters is 1. The monoisotopic (exact) mass is 435 g/mol. The highest BCUT2D eigenvalue weighted by atomic mass is 16.5. The summed E-state index contributed by atoms with van der Waals surface area (Å²) in [6, 6.07) is 33.5. The minimum Gasteiger partial charge on any atom is -0.457 e. The number of benzene rings is 4. The van der Waals surface area contributed by atoms with Gasteiger partial charge in [0.15, 0.2) is 0 Å². The number of hydrogen-bond donors (Lipinski definition) is 1. The Morgan fingerprint density at radius 2 is 1.55 bits per heavy atom. The van der Waals surface area contributed by atoms with Gasteiger partial charge in [-0.1, -0.05) is 97.1 Å². The van der Waals surface area contributed by atoms with Gasteiger partial charge in [0.1, 0.15) is 6.10 Å². The van der Waals surface area contributed by atoms with Crippen LogP contribution in [0, 0.1) is 5.92 Å². The summed E-state index contributed by atoms with van der Waals surface area (Å²) in [6.45, 7) is 3.53. The number of ether oxygens (including phenoxy) is 1. The highest BCUT2D eigenvalue weighted by Gasteiger charge is 2.34. The molecule has 3 nitrogen and oxygen atoms in total. The molecule has 0 bridgehead atoms. The lowest BCUT2D eigenvalue weighted by Crippen LogP contribution is -2.40. The van der Waals surface area contributed by atoms with Crippen molar-refractivity contribution in [2.24, 2.45) is 5.92 Å². The summed E-state index contributed by atoms with van der Waals surface area (Å²) in [5, 5.41) is 5.69. The van der Waals surface area contributed by atoms with Gasteiger partial charge in [-0.05, 0) is 58.8 Å². The number of nitrogens with one attached hydrogen (secondary N) is 1. The fraction of sp³-hybridized carbons (Fsp3) is 0.233. The highest BCUT2D eigenvalue weighted by molar-refractivity contribution is 5.86. The van der Waals surface area contributed by atoms with E-state index in [1.54, 1.807) is 0 Å². The van der Waals surface area contributed by atoms with Crippen LogP contribution in [0.4, 0.5) is 0 Å². The first kappa shape index (κ1) is 21.4. The van der Waals surface area contributed by atoms with E-state index < -0.39 is 0 Å². The second-order valence-corrected chi connectivity index (χ2v) is 8.84. The third-order valence-electron chi connectivity index (χ3n) is 6.79. The molecule has 0 saturated carbocycles. The lowest BCUT2D eigenvalue weighted by atomic mass is 9.80. The topological polar surface area (TPSA) is 38.3 Å². The average molecular weight is 436 g/mol. The lowest BCUT2D eigenvalue weighted by molar-refractivity contribution is -0.154. The Bertz CT molecular complexity index is 1230. The third-order valence-corrected chi connectivity index (χ3v) is 6.79. The standard InChI is InChI=1S/C30H29NO2/c1-21(26-13-7-11-24-10-5-6-12-27(24)26)33-30(32)29-20-31-19-18-28(29)25-16-14-23(15-17-25)22-8-3-2-4-9-22/h2-17,21,28-29,31H,18-20H2,1H3. The lowest BCUT2D eigenvalue weighted by Gasteiger charge is -2.32. The largest absolute Gasteiger partial charge is 0.457 e. The van der Waals surface area contributed by atoms with Crippen LogP contribution >= 0.6 is 0 Å². The van der Waals surface area contributed by atoms with Crippen LogP contribution < -0.4 is 5.32 Å². The SMILES string of the molecule is CC(OC(=O)C1CNCCC1c1ccc(-c2ccccc2)cc1)c1cccc2ccccc12. The first-order chi connectivity index (χ1) is 16.2. The van der Waals surface area contributed by atoms with Gasteiger partial charge in [-0.2, -0.15) is 0 Å². The average Bonchev–Trinajstić information content (AvgIpc) is 2.89. The number of rotatable bonds is 5. The van der Waals surface area contributed by atoms with Gasteiger partial charge in [-0.3, -0.25) is 4.79 Å². The van der Waals surface area contributed by atoms with E-state index in [1.807, 2.05) is 31.2 Å². The zero-order chi connectivity index (χ0) is 22.6. The van der Waals surface area contributed by atoms with Crippen LogP contribution in [0.25, 0.3) is 21.9 Å². The molecule has 1 aliphatic heterocycles. The van der Waals surface area contributed by atoms with Crippen LogP contribution in [0.5, 0.6) is 0 Å². The van der Waals surface area contributed by atoms with Gasteiger partial charge < -0.3 is 10.1 Å². The summed E-state index contributed by atoms with van der Waals surface area (Å²) in [6.07, 6.45) is 0.624. The summed E-state index contributed by atoms with van der Waals surface area (Å²) in [5.74, 6) is -0.165. The van der Waals surface area contributed by atoms with Crippen LogP contribution in [-0.4, -0.2) is 19.1 Å². The van der Waals surface area contributed by atoms with Gasteiger partial charge in [0.2, 0.25) is 0 Å². The molecule has 1 aliphatic rings. The van der Waals surface area contributed by atoms with Crippen molar-refractivity contribution in [1.82, 2.24) is 5.32 Å². The maximum Gasteiger partial charge on any atom is 0.311 e. The van der Waals surface area contributed by atoms with Crippen LogP contribution in [0.2, 0.25) is 0 Å². The summed E-state index contributed by atoms with van der Waals surface area (Å²) in [5.41, 5.74) is 4.65. The quantitative estimate of drug-likeness (QED) is 0.364. The molecule has 5 rings (SSSR count). The Balaban J connectivity index is 1.34. The second-order valence-electron chi connectivity index (χ2n) is 8.84. The number of fused-ring (bicyclic) bond motifs is 1. The van der Waals surface area contributed by atoms with Crippen molar-refractivity contribution in [3.8, 4) is 11.1 Å². The van der Waals surface area contributed by atoms with Gasteiger partial charge in [0, 0.05) is 6.54 Å².